The van der Waals surface area contributed by atoms with Crippen molar-refractivity contribution in [3.63, 3.8) is 0 Å². The van der Waals surface area contributed by atoms with Gasteiger partial charge in [0.1, 0.15) is 6.61 Å². The van der Waals surface area contributed by atoms with Crippen LogP contribution in [0.25, 0.3) is 0 Å². The Bertz CT molecular complexity index is 321. The summed E-state index contributed by atoms with van der Waals surface area (Å²) >= 11 is 0. The van der Waals surface area contributed by atoms with Gasteiger partial charge in [-0.05, 0) is 13.3 Å². The minimum Gasteiger partial charge on any atom is -0.371 e. The number of aromatic nitrogens is 2. The number of hydrogen-bond donors (Lipinski definition) is 1. The molecule has 92 valence electrons. The fourth-order valence-corrected chi connectivity index (χ4v) is 1.04. The summed E-state index contributed by atoms with van der Waals surface area (Å²) in [6, 6.07) is 0. The van der Waals surface area contributed by atoms with Gasteiger partial charge in [0.25, 0.3) is 0 Å². The van der Waals surface area contributed by atoms with Gasteiger partial charge in [-0.25, -0.2) is 0 Å². The van der Waals surface area contributed by atoms with Crippen molar-refractivity contribution in [2.24, 2.45) is 5.73 Å². The van der Waals surface area contributed by atoms with E-state index in [1.807, 2.05) is 27.7 Å². The first-order valence-corrected chi connectivity index (χ1v) is 5.63. The van der Waals surface area contributed by atoms with E-state index in [0.29, 0.717) is 24.9 Å². The summed E-state index contributed by atoms with van der Waals surface area (Å²) in [5.41, 5.74) is 5.66. The van der Waals surface area contributed by atoms with Crippen molar-refractivity contribution in [3.05, 3.63) is 11.7 Å². The minimum atomic E-state index is -0.287. The molecule has 5 nitrogen and oxygen atoms in total. The zero-order chi connectivity index (χ0) is 12.2. The highest BCUT2D eigenvalue weighted by Crippen LogP contribution is 2.12. The maximum absolute atomic E-state index is 5.94. The predicted molar refractivity (Wildman–Crippen MR) is 60.9 cm³/mol. The average molecular weight is 227 g/mol. The maximum atomic E-state index is 5.94. The number of ether oxygens (including phenoxy) is 1. The van der Waals surface area contributed by atoms with Gasteiger partial charge < -0.3 is 15.0 Å². The second kappa shape index (κ2) is 5.41. The summed E-state index contributed by atoms with van der Waals surface area (Å²) in [7, 11) is 0. The number of nitrogens with zero attached hydrogens (tertiary/aromatic N) is 2. The molecule has 0 aliphatic heterocycles. The first kappa shape index (κ1) is 13.1. The molecule has 0 aliphatic rings. The summed E-state index contributed by atoms with van der Waals surface area (Å²) in [5.74, 6) is 1.47. The van der Waals surface area contributed by atoms with Gasteiger partial charge in [-0.3, -0.25) is 0 Å². The van der Waals surface area contributed by atoms with E-state index in [0.717, 1.165) is 6.42 Å². The van der Waals surface area contributed by atoms with Gasteiger partial charge in [-0.1, -0.05) is 25.9 Å². The number of hydrogen-bond acceptors (Lipinski definition) is 5. The monoisotopic (exact) mass is 227 g/mol. The second-order valence-corrected chi connectivity index (χ2v) is 4.70. The van der Waals surface area contributed by atoms with Crippen molar-refractivity contribution in [3.8, 4) is 0 Å². The molecule has 1 aromatic heterocycles. The summed E-state index contributed by atoms with van der Waals surface area (Å²) in [5, 5.41) is 3.83. The van der Waals surface area contributed by atoms with E-state index in [1.165, 1.54) is 0 Å². The van der Waals surface area contributed by atoms with Crippen molar-refractivity contribution in [1.82, 2.24) is 10.1 Å². The number of nitrogens with two attached hydrogens (primary N) is 1. The zero-order valence-electron chi connectivity index (χ0n) is 10.5. The Kier molecular flexibility index (Phi) is 4.44. The van der Waals surface area contributed by atoms with E-state index in [-0.39, 0.29) is 11.5 Å². The lowest BCUT2D eigenvalue weighted by molar-refractivity contribution is 0.0724. The van der Waals surface area contributed by atoms with Gasteiger partial charge in [0.15, 0.2) is 5.82 Å². The predicted octanol–water partition coefficient (Wildman–Crippen LogP) is 1.84. The normalized spacial score (nSPS) is 15.4. The SMILES string of the molecule is CCC(C)(N)COCc1noc(C(C)C)n1. The van der Waals surface area contributed by atoms with Crippen molar-refractivity contribution < 1.29 is 9.26 Å². The van der Waals surface area contributed by atoms with E-state index in [1.54, 1.807) is 0 Å². The van der Waals surface area contributed by atoms with Crippen LogP contribution in [0.2, 0.25) is 0 Å². The van der Waals surface area contributed by atoms with Gasteiger partial charge >= 0.3 is 0 Å². The van der Waals surface area contributed by atoms with Gasteiger partial charge in [-0.2, -0.15) is 4.98 Å². The van der Waals surface area contributed by atoms with E-state index >= 15 is 0 Å². The highest BCUT2D eigenvalue weighted by Gasteiger charge is 2.16. The fraction of sp³-hybridized carbons (Fsp3) is 0.818. The minimum absolute atomic E-state index is 0.247. The van der Waals surface area contributed by atoms with E-state index in [4.69, 9.17) is 15.0 Å². The molecular formula is C11H21N3O2. The molecule has 1 rings (SSSR count). The van der Waals surface area contributed by atoms with Crippen LogP contribution in [0, 0.1) is 0 Å². The standard InChI is InChI=1S/C11H21N3O2/c1-5-11(4,12)7-15-6-9-13-10(8(2)3)16-14-9/h8H,5-7,12H2,1-4H3. The molecule has 16 heavy (non-hydrogen) atoms. The molecule has 0 radical (unpaired) electrons. The van der Waals surface area contributed by atoms with Crippen molar-refractivity contribution in [2.75, 3.05) is 6.61 Å². The third-order valence-electron chi connectivity index (χ3n) is 2.45. The van der Waals surface area contributed by atoms with Crippen molar-refractivity contribution in [2.45, 2.75) is 52.2 Å². The first-order valence-electron chi connectivity index (χ1n) is 5.63. The van der Waals surface area contributed by atoms with Crippen LogP contribution in [-0.2, 0) is 11.3 Å². The molecule has 0 bridgehead atoms. The Morgan fingerprint density at radius 1 is 1.50 bits per heavy atom. The van der Waals surface area contributed by atoms with Crippen LogP contribution in [0.3, 0.4) is 0 Å². The molecule has 0 fully saturated rings. The lowest BCUT2D eigenvalue weighted by Crippen LogP contribution is -2.40. The molecular weight excluding hydrogens is 206 g/mol. The quantitative estimate of drug-likeness (QED) is 0.802. The molecule has 0 spiro atoms. The largest absolute Gasteiger partial charge is 0.371 e. The molecule has 0 saturated heterocycles. The first-order chi connectivity index (χ1) is 7.44. The molecule has 1 unspecified atom stereocenters. The van der Waals surface area contributed by atoms with Gasteiger partial charge in [0.2, 0.25) is 5.89 Å². The Balaban J connectivity index is 2.37. The van der Waals surface area contributed by atoms with E-state index in [9.17, 15) is 0 Å². The van der Waals surface area contributed by atoms with Gasteiger partial charge in [0.05, 0.1) is 6.61 Å². The molecule has 5 heteroatoms. The van der Waals surface area contributed by atoms with Crippen LogP contribution in [0.4, 0.5) is 0 Å². The summed E-state index contributed by atoms with van der Waals surface area (Å²) in [6.45, 7) is 8.85. The van der Waals surface area contributed by atoms with Crippen molar-refractivity contribution in [1.29, 1.82) is 0 Å². The summed E-state index contributed by atoms with van der Waals surface area (Å²) in [6.07, 6.45) is 0.872. The van der Waals surface area contributed by atoms with Crippen LogP contribution in [0.5, 0.6) is 0 Å². The Morgan fingerprint density at radius 2 is 2.19 bits per heavy atom. The number of rotatable bonds is 6. The lowest BCUT2D eigenvalue weighted by atomic mass is 10.0. The third kappa shape index (κ3) is 3.90. The van der Waals surface area contributed by atoms with Crippen LogP contribution in [0.15, 0.2) is 4.52 Å². The third-order valence-corrected chi connectivity index (χ3v) is 2.45. The highest BCUT2D eigenvalue weighted by atomic mass is 16.5. The molecule has 1 heterocycles. The highest BCUT2D eigenvalue weighted by molar-refractivity contribution is 4.89. The van der Waals surface area contributed by atoms with Crippen LogP contribution >= 0.6 is 0 Å². The lowest BCUT2D eigenvalue weighted by Gasteiger charge is -2.21. The van der Waals surface area contributed by atoms with Gasteiger partial charge in [-0.15, -0.1) is 0 Å². The fourth-order valence-electron chi connectivity index (χ4n) is 1.04. The Labute approximate surface area is 96.4 Å². The second-order valence-electron chi connectivity index (χ2n) is 4.70. The van der Waals surface area contributed by atoms with Crippen LogP contribution < -0.4 is 5.73 Å². The van der Waals surface area contributed by atoms with E-state index in [2.05, 4.69) is 10.1 Å². The summed E-state index contributed by atoms with van der Waals surface area (Å²) in [4.78, 5) is 4.21. The Hall–Kier alpha value is -0.940. The molecule has 1 aromatic rings. The topological polar surface area (TPSA) is 74.2 Å². The summed E-state index contributed by atoms with van der Waals surface area (Å²) < 4.78 is 10.5. The molecule has 0 aliphatic carbocycles. The average Bonchev–Trinajstić information content (AvgIpc) is 2.66. The molecule has 0 saturated carbocycles. The van der Waals surface area contributed by atoms with Gasteiger partial charge in [0, 0.05) is 11.5 Å². The van der Waals surface area contributed by atoms with Crippen LogP contribution in [0.1, 0.15) is 51.7 Å². The molecule has 2 N–H and O–H groups in total. The van der Waals surface area contributed by atoms with E-state index < -0.39 is 0 Å². The van der Waals surface area contributed by atoms with Crippen LogP contribution in [-0.4, -0.2) is 22.3 Å². The molecule has 1 atom stereocenters. The zero-order valence-corrected chi connectivity index (χ0v) is 10.5. The van der Waals surface area contributed by atoms with Crippen molar-refractivity contribution >= 4 is 0 Å². The smallest absolute Gasteiger partial charge is 0.229 e. The Morgan fingerprint density at radius 3 is 2.69 bits per heavy atom. The molecule has 0 amide bonds. The molecule has 0 aromatic carbocycles. The maximum Gasteiger partial charge on any atom is 0.229 e.